The van der Waals surface area contributed by atoms with Gasteiger partial charge in [-0.15, -0.1) is 0 Å². The van der Waals surface area contributed by atoms with Gasteiger partial charge in [-0.25, -0.2) is 0 Å². The number of hydrogen-bond acceptors (Lipinski definition) is 7. The maximum absolute atomic E-state index is 10.5. The van der Waals surface area contributed by atoms with E-state index < -0.39 is 4.92 Å². The summed E-state index contributed by atoms with van der Waals surface area (Å²) in [6.07, 6.45) is 1.99. The predicted octanol–water partition coefficient (Wildman–Crippen LogP) is 5.37. The maximum Gasteiger partial charge on any atom is 0.269 e. The number of ether oxygens (including phenoxy) is 2. The van der Waals surface area contributed by atoms with Gasteiger partial charge in [-0.1, -0.05) is 27.7 Å². The lowest BCUT2D eigenvalue weighted by Gasteiger charge is -2.17. The van der Waals surface area contributed by atoms with Crippen LogP contribution in [0.2, 0.25) is 0 Å². The summed E-state index contributed by atoms with van der Waals surface area (Å²) in [6, 6.07) is 15.5. The summed E-state index contributed by atoms with van der Waals surface area (Å²) < 4.78 is 11.1. The molecule has 0 heterocycles. The second kappa shape index (κ2) is 18.2. The number of nitro benzene ring substituents is 1. The van der Waals surface area contributed by atoms with Gasteiger partial charge in [0.05, 0.1) is 29.8 Å². The van der Waals surface area contributed by atoms with Crippen molar-refractivity contribution >= 4 is 5.69 Å². The van der Waals surface area contributed by atoms with E-state index in [-0.39, 0.29) is 5.69 Å². The van der Waals surface area contributed by atoms with Gasteiger partial charge in [0.15, 0.2) is 0 Å². The molecule has 8 heteroatoms. The number of nitrogens with zero attached hydrogens (tertiary/aromatic N) is 4. The first kappa shape index (κ1) is 29.9. The summed E-state index contributed by atoms with van der Waals surface area (Å²) in [7, 11) is 0. The molecular weight excluding hydrogens is 444 g/mol. The highest BCUT2D eigenvalue weighted by atomic mass is 16.6. The van der Waals surface area contributed by atoms with Gasteiger partial charge in [-0.05, 0) is 75.4 Å². The van der Waals surface area contributed by atoms with E-state index in [0.717, 1.165) is 64.5 Å². The molecule has 0 aliphatic carbocycles. The Morgan fingerprint density at radius 1 is 0.771 bits per heavy atom. The third kappa shape index (κ3) is 12.8. The minimum atomic E-state index is -0.413. The molecule has 35 heavy (non-hydrogen) atoms. The number of rotatable bonds is 15. The van der Waals surface area contributed by atoms with Gasteiger partial charge in [0, 0.05) is 25.2 Å². The Kier molecular flexibility index (Phi) is 15.5. The molecular formula is C27H40N4O4. The topological polar surface area (TPSA) is 91.9 Å². The summed E-state index contributed by atoms with van der Waals surface area (Å²) in [4.78, 5) is 14.8. The molecule has 0 aliphatic heterocycles. The van der Waals surface area contributed by atoms with Crippen LogP contribution >= 0.6 is 0 Å². The van der Waals surface area contributed by atoms with Crippen molar-refractivity contribution in [3.05, 3.63) is 64.2 Å². The van der Waals surface area contributed by atoms with Crippen molar-refractivity contribution in [2.75, 3.05) is 52.5 Å². The van der Waals surface area contributed by atoms with E-state index in [9.17, 15) is 10.1 Å². The first-order valence-electron chi connectivity index (χ1n) is 12.4. The molecule has 0 saturated heterocycles. The third-order valence-corrected chi connectivity index (χ3v) is 5.59. The van der Waals surface area contributed by atoms with Gasteiger partial charge >= 0.3 is 0 Å². The lowest BCUT2D eigenvalue weighted by molar-refractivity contribution is -0.384. The van der Waals surface area contributed by atoms with Crippen LogP contribution in [0.3, 0.4) is 0 Å². The van der Waals surface area contributed by atoms with Crippen LogP contribution in [0.4, 0.5) is 5.69 Å². The van der Waals surface area contributed by atoms with Gasteiger partial charge in [-0.3, -0.25) is 10.1 Å². The van der Waals surface area contributed by atoms with E-state index in [1.807, 2.05) is 12.1 Å². The number of nitriles is 1. The number of hydrogen-bond donors (Lipinski definition) is 0. The SMILES string of the molecule is CCN(CC)CCCOc1ccc(C#N)cc1.CCN(CC)CCCOc1ccc([N+](=O)[O-])cc1. The van der Waals surface area contributed by atoms with Gasteiger partial charge in [-0.2, -0.15) is 5.26 Å². The fourth-order valence-corrected chi connectivity index (χ4v) is 3.33. The van der Waals surface area contributed by atoms with Gasteiger partial charge in [0.1, 0.15) is 11.5 Å². The molecule has 0 N–H and O–H groups in total. The number of nitro groups is 1. The van der Waals surface area contributed by atoms with E-state index in [0.29, 0.717) is 17.9 Å². The molecule has 0 atom stereocenters. The summed E-state index contributed by atoms with van der Waals surface area (Å²) in [5, 5.41) is 19.1. The zero-order valence-electron chi connectivity index (χ0n) is 21.6. The van der Waals surface area contributed by atoms with Crippen LogP contribution in [0.25, 0.3) is 0 Å². The molecule has 192 valence electrons. The zero-order chi connectivity index (χ0) is 25.9. The molecule has 2 aromatic carbocycles. The molecule has 0 aliphatic rings. The summed E-state index contributed by atoms with van der Waals surface area (Å²) in [6.45, 7) is 16.3. The Bertz CT molecular complexity index is 858. The maximum atomic E-state index is 10.5. The Morgan fingerprint density at radius 2 is 1.17 bits per heavy atom. The highest BCUT2D eigenvalue weighted by Crippen LogP contribution is 2.17. The van der Waals surface area contributed by atoms with Crippen LogP contribution in [-0.2, 0) is 0 Å². The van der Waals surface area contributed by atoms with Crippen LogP contribution < -0.4 is 9.47 Å². The Morgan fingerprint density at radius 3 is 1.51 bits per heavy atom. The van der Waals surface area contributed by atoms with E-state index in [4.69, 9.17) is 14.7 Å². The lowest BCUT2D eigenvalue weighted by atomic mass is 10.2. The quantitative estimate of drug-likeness (QED) is 0.190. The van der Waals surface area contributed by atoms with Crippen LogP contribution in [-0.4, -0.2) is 67.2 Å². The van der Waals surface area contributed by atoms with Gasteiger partial charge < -0.3 is 19.3 Å². The van der Waals surface area contributed by atoms with E-state index in [2.05, 4.69) is 43.6 Å². The van der Waals surface area contributed by atoms with Crippen molar-refractivity contribution in [2.24, 2.45) is 0 Å². The highest BCUT2D eigenvalue weighted by molar-refractivity contribution is 5.36. The molecule has 2 aromatic rings. The predicted molar refractivity (Wildman–Crippen MR) is 140 cm³/mol. The zero-order valence-corrected chi connectivity index (χ0v) is 21.6. The normalized spacial score (nSPS) is 10.4. The van der Waals surface area contributed by atoms with E-state index in [1.165, 1.54) is 12.1 Å². The first-order chi connectivity index (χ1) is 17.0. The second-order valence-corrected chi connectivity index (χ2v) is 7.84. The molecule has 0 fully saturated rings. The Labute approximate surface area is 210 Å². The molecule has 2 rings (SSSR count). The highest BCUT2D eigenvalue weighted by Gasteiger charge is 2.04. The monoisotopic (exact) mass is 484 g/mol. The smallest absolute Gasteiger partial charge is 0.269 e. The van der Waals surface area contributed by atoms with E-state index >= 15 is 0 Å². The molecule has 0 amide bonds. The van der Waals surface area contributed by atoms with Crippen LogP contribution in [0.15, 0.2) is 48.5 Å². The first-order valence-corrected chi connectivity index (χ1v) is 12.4. The van der Waals surface area contributed by atoms with Gasteiger partial charge in [0.2, 0.25) is 0 Å². The number of non-ortho nitro benzene ring substituents is 1. The van der Waals surface area contributed by atoms with Gasteiger partial charge in [0.25, 0.3) is 5.69 Å². The van der Waals surface area contributed by atoms with Crippen molar-refractivity contribution in [2.45, 2.75) is 40.5 Å². The largest absolute Gasteiger partial charge is 0.494 e. The molecule has 0 radical (unpaired) electrons. The molecule has 0 spiro atoms. The van der Waals surface area contributed by atoms with Crippen molar-refractivity contribution < 1.29 is 14.4 Å². The summed E-state index contributed by atoms with van der Waals surface area (Å²) >= 11 is 0. The van der Waals surface area contributed by atoms with Crippen LogP contribution in [0.5, 0.6) is 11.5 Å². The average Bonchev–Trinajstić information content (AvgIpc) is 2.90. The average molecular weight is 485 g/mol. The standard InChI is InChI=1S/C14H20N2O.C13H20N2O3/c1-3-16(4-2)10-5-11-17-14-8-6-13(12-15)7-9-14;1-3-14(4-2)10-5-11-18-13-8-6-12(7-9-13)15(16)17/h6-9H,3-5,10-11H2,1-2H3;6-9H,3-5,10-11H2,1-2H3. The summed E-state index contributed by atoms with van der Waals surface area (Å²) in [5.74, 6) is 1.52. The summed E-state index contributed by atoms with van der Waals surface area (Å²) in [5.41, 5.74) is 0.756. The fraction of sp³-hybridized carbons (Fsp3) is 0.519. The molecule has 0 aromatic heterocycles. The third-order valence-electron chi connectivity index (χ3n) is 5.59. The molecule has 0 unspecified atom stereocenters. The van der Waals surface area contributed by atoms with Crippen LogP contribution in [0, 0.1) is 21.4 Å². The van der Waals surface area contributed by atoms with Crippen molar-refractivity contribution in [3.63, 3.8) is 0 Å². The van der Waals surface area contributed by atoms with Crippen molar-refractivity contribution in [1.82, 2.24) is 9.80 Å². The second-order valence-electron chi connectivity index (χ2n) is 7.84. The fourth-order valence-electron chi connectivity index (χ4n) is 3.33. The Balaban J connectivity index is 0.000000351. The minimum absolute atomic E-state index is 0.0884. The van der Waals surface area contributed by atoms with Crippen LogP contribution in [0.1, 0.15) is 46.1 Å². The molecule has 0 bridgehead atoms. The number of benzene rings is 2. The van der Waals surface area contributed by atoms with E-state index in [1.54, 1.807) is 24.3 Å². The molecule has 8 nitrogen and oxygen atoms in total. The van der Waals surface area contributed by atoms with Crippen molar-refractivity contribution in [3.8, 4) is 17.6 Å². The lowest BCUT2D eigenvalue weighted by Crippen LogP contribution is -2.25. The van der Waals surface area contributed by atoms with Crippen molar-refractivity contribution in [1.29, 1.82) is 5.26 Å². The Hall–Kier alpha value is -3.15. The minimum Gasteiger partial charge on any atom is -0.494 e. The molecule has 0 saturated carbocycles.